The van der Waals surface area contributed by atoms with E-state index in [4.69, 9.17) is 4.74 Å². The van der Waals surface area contributed by atoms with Crippen molar-refractivity contribution < 1.29 is 18.3 Å². The highest BCUT2D eigenvalue weighted by atomic mass is 31.0. The van der Waals surface area contributed by atoms with Crippen LogP contribution in [0.15, 0.2) is 12.1 Å². The van der Waals surface area contributed by atoms with E-state index >= 15 is 0 Å². The van der Waals surface area contributed by atoms with Crippen molar-refractivity contribution in [3.63, 3.8) is 0 Å². The molecule has 2 nitrogen and oxygen atoms in total. The van der Waals surface area contributed by atoms with Gasteiger partial charge in [-0.2, -0.15) is 24.2 Å². The predicted molar refractivity (Wildman–Crippen MR) is 63.0 cm³/mol. The Kier molecular flexibility index (Phi) is 5.27. The van der Waals surface area contributed by atoms with Crippen molar-refractivity contribution in [2.75, 3.05) is 6.61 Å². The fourth-order valence-corrected chi connectivity index (χ4v) is 1.27. The minimum Gasteiger partial charge on any atom is -0.489 e. The number of carbonyl (C=O) groups excluding carboxylic acids is 1. The predicted octanol–water partition coefficient (Wildman–Crippen LogP) is 2.05. The molecule has 0 saturated carbocycles. The number of fused-ring (bicyclic) bond motifs is 1. The van der Waals surface area contributed by atoms with Crippen LogP contribution in [0.25, 0.3) is 0 Å². The summed E-state index contributed by atoms with van der Waals surface area (Å²) in [6.07, 6.45) is 0.220. The summed E-state index contributed by atoms with van der Waals surface area (Å²) < 4.78 is 30.5. The van der Waals surface area contributed by atoms with Crippen LogP contribution in [0.2, 0.25) is 0 Å². The molecule has 2 atom stereocenters. The fourth-order valence-electron chi connectivity index (χ4n) is 1.27. The number of hydrogen-bond donors (Lipinski definition) is 0. The maximum absolute atomic E-state index is 13.0. The van der Waals surface area contributed by atoms with Crippen LogP contribution in [0, 0.1) is 11.6 Å². The molecule has 1 aliphatic rings. The summed E-state index contributed by atoms with van der Waals surface area (Å²) in [5.74, 6) is -2.53. The summed E-state index contributed by atoms with van der Waals surface area (Å²) >= 11 is 0. The molecule has 0 amide bonds. The topological polar surface area (TPSA) is 26.3 Å². The monoisotopic (exact) mass is 252 g/mol. The van der Waals surface area contributed by atoms with Gasteiger partial charge in [-0.3, -0.25) is 4.79 Å². The van der Waals surface area contributed by atoms with Gasteiger partial charge in [0.05, 0.1) is 12.2 Å². The van der Waals surface area contributed by atoms with Crippen LogP contribution in [0.4, 0.5) is 8.78 Å². The van der Waals surface area contributed by atoms with Crippen molar-refractivity contribution in [2.45, 2.75) is 6.42 Å². The highest BCUT2D eigenvalue weighted by Gasteiger charge is 2.23. The molecule has 0 bridgehead atoms. The van der Waals surface area contributed by atoms with Gasteiger partial charge in [-0.15, -0.1) is 0 Å². The van der Waals surface area contributed by atoms with E-state index in [2.05, 4.69) is 0 Å². The third-order valence-corrected chi connectivity index (χ3v) is 1.93. The Morgan fingerprint density at radius 1 is 1.20 bits per heavy atom. The molecule has 2 unspecified atom stereocenters. The van der Waals surface area contributed by atoms with E-state index in [9.17, 15) is 13.6 Å². The highest BCUT2D eigenvalue weighted by molar-refractivity contribution is 6.92. The number of ether oxygens (including phenoxy) is 1. The zero-order valence-electron chi connectivity index (χ0n) is 8.06. The van der Waals surface area contributed by atoms with E-state index in [-0.39, 0.29) is 49.9 Å². The van der Waals surface area contributed by atoms with Gasteiger partial charge in [-0.05, 0) is 12.1 Å². The van der Waals surface area contributed by atoms with Gasteiger partial charge in [0, 0.05) is 6.42 Å². The van der Waals surface area contributed by atoms with Crippen molar-refractivity contribution >= 4 is 25.6 Å². The summed E-state index contributed by atoms with van der Waals surface area (Å²) in [4.78, 5) is 11.2. The first-order chi connectivity index (χ1) is 6.20. The van der Waals surface area contributed by atoms with Crippen LogP contribution in [0.5, 0.6) is 5.75 Å². The van der Waals surface area contributed by atoms with E-state index in [1.807, 2.05) is 0 Å². The molecule has 0 aromatic heterocycles. The van der Waals surface area contributed by atoms with Gasteiger partial charge in [0.25, 0.3) is 0 Å². The van der Waals surface area contributed by atoms with Crippen LogP contribution in [0.3, 0.4) is 0 Å². The van der Waals surface area contributed by atoms with Gasteiger partial charge in [-0.1, -0.05) is 0 Å². The molecule has 84 valence electrons. The second kappa shape index (κ2) is 5.48. The lowest BCUT2D eigenvalue weighted by molar-refractivity contribution is 0.0928. The lowest BCUT2D eigenvalue weighted by Crippen LogP contribution is -2.16. The average Bonchev–Trinajstić information content (AvgIpc) is 2.12. The molecule has 0 fully saturated rings. The number of Topliss-reactive ketones (excluding diaryl/α,β-unsaturated/α-hetero) is 1. The Labute approximate surface area is 92.6 Å². The first-order valence-corrected chi connectivity index (χ1v) is 3.84. The van der Waals surface area contributed by atoms with Crippen molar-refractivity contribution in [3.05, 3.63) is 29.3 Å². The molecule has 1 aromatic carbocycles. The van der Waals surface area contributed by atoms with Gasteiger partial charge in [0.1, 0.15) is 0 Å². The molecule has 15 heavy (non-hydrogen) atoms. The Morgan fingerprint density at radius 3 is 2.53 bits per heavy atom. The zero-order chi connectivity index (χ0) is 9.42. The smallest absolute Gasteiger partial charge is 0.201 e. The second-order valence-electron chi connectivity index (χ2n) is 2.76. The normalized spacial score (nSPS) is 13.1. The zero-order valence-corrected chi connectivity index (χ0v) is 10.9. The maximum atomic E-state index is 13.0. The number of carbonyl (C=O) groups is 1. The molecular formula is C9H12F2O2P2. The van der Waals surface area contributed by atoms with Crippen molar-refractivity contribution in [1.29, 1.82) is 0 Å². The van der Waals surface area contributed by atoms with Crippen molar-refractivity contribution in [3.8, 4) is 5.75 Å². The van der Waals surface area contributed by atoms with E-state index in [0.717, 1.165) is 6.07 Å². The molecule has 1 heterocycles. The standard InChI is InChI=1S/C9H6F2O2.2H3P/c10-6-2-1-5-7(12)3-4-13-9(5)8(6)11;;/h1-2H,3-4H2;2*1H3. The lowest BCUT2D eigenvalue weighted by atomic mass is 10.0. The molecule has 0 saturated heterocycles. The third-order valence-electron chi connectivity index (χ3n) is 1.93. The maximum Gasteiger partial charge on any atom is 0.201 e. The number of hydrogen-bond acceptors (Lipinski definition) is 2. The Bertz CT molecular complexity index is 383. The Morgan fingerprint density at radius 2 is 1.87 bits per heavy atom. The molecule has 6 heteroatoms. The lowest BCUT2D eigenvalue weighted by Gasteiger charge is -2.16. The SMILES string of the molecule is O=C1CCOc2c1ccc(F)c2F.P.P. The number of benzene rings is 1. The van der Waals surface area contributed by atoms with Crippen LogP contribution in [-0.2, 0) is 0 Å². The number of halogens is 2. The number of ketones is 1. The van der Waals surface area contributed by atoms with E-state index in [0.29, 0.717) is 0 Å². The second-order valence-corrected chi connectivity index (χ2v) is 2.76. The van der Waals surface area contributed by atoms with Gasteiger partial charge >= 0.3 is 0 Å². The summed E-state index contributed by atoms with van der Waals surface area (Å²) in [5, 5.41) is 0. The Hall–Kier alpha value is -0.590. The fraction of sp³-hybridized carbons (Fsp3) is 0.222. The molecule has 1 aliphatic heterocycles. The van der Waals surface area contributed by atoms with Gasteiger partial charge in [0.15, 0.2) is 17.3 Å². The Balaban J connectivity index is 0.000000980. The summed E-state index contributed by atoms with van der Waals surface area (Å²) in [7, 11) is 0. The van der Waals surface area contributed by atoms with Crippen molar-refractivity contribution in [1.82, 2.24) is 0 Å². The summed E-state index contributed by atoms with van der Waals surface area (Å²) in [6, 6.07) is 2.18. The van der Waals surface area contributed by atoms with Gasteiger partial charge < -0.3 is 4.74 Å². The first kappa shape index (κ1) is 14.4. The molecule has 0 radical (unpaired) electrons. The van der Waals surface area contributed by atoms with Gasteiger partial charge in [0.2, 0.25) is 5.82 Å². The minimum absolute atomic E-state index is 0. The molecule has 0 spiro atoms. The van der Waals surface area contributed by atoms with Crippen LogP contribution >= 0.6 is 19.8 Å². The molecule has 0 N–H and O–H groups in total. The van der Waals surface area contributed by atoms with Crippen molar-refractivity contribution in [2.24, 2.45) is 0 Å². The summed E-state index contributed by atoms with van der Waals surface area (Å²) in [5.41, 5.74) is 0.130. The van der Waals surface area contributed by atoms with E-state index in [1.54, 1.807) is 0 Å². The molecular weight excluding hydrogens is 240 g/mol. The number of rotatable bonds is 0. The quantitative estimate of drug-likeness (QED) is 0.660. The van der Waals surface area contributed by atoms with E-state index < -0.39 is 11.6 Å². The largest absolute Gasteiger partial charge is 0.489 e. The average molecular weight is 252 g/mol. The third kappa shape index (κ3) is 2.50. The minimum atomic E-state index is -1.08. The molecule has 1 aromatic rings. The molecule has 0 aliphatic carbocycles. The van der Waals surface area contributed by atoms with Gasteiger partial charge in [-0.25, -0.2) is 4.39 Å². The van der Waals surface area contributed by atoms with E-state index in [1.165, 1.54) is 6.07 Å². The summed E-state index contributed by atoms with van der Waals surface area (Å²) in [6.45, 7) is 0.117. The van der Waals surface area contributed by atoms with Crippen LogP contribution in [-0.4, -0.2) is 12.4 Å². The van der Waals surface area contributed by atoms with Crippen LogP contribution < -0.4 is 4.74 Å². The first-order valence-electron chi connectivity index (χ1n) is 3.84. The highest BCUT2D eigenvalue weighted by Crippen LogP contribution is 2.29. The van der Waals surface area contributed by atoms with Crippen LogP contribution in [0.1, 0.15) is 16.8 Å². The molecule has 2 rings (SSSR count).